The molecule has 82 valence electrons. The molecule has 0 bridgehead atoms. The smallest absolute Gasteiger partial charge is 0.353 e. The number of benzene rings is 1. The zero-order valence-electron chi connectivity index (χ0n) is 8.49. The first kappa shape index (κ1) is 10.9. The number of carbonyl (C=O) groups is 1. The Bertz CT molecular complexity index is 528. The monoisotopic (exact) mass is 280 g/mol. The molecule has 0 saturated heterocycles. The van der Waals surface area contributed by atoms with Gasteiger partial charge in [-0.2, -0.15) is 5.10 Å². The normalized spacial score (nSPS) is 10.4. The average Bonchev–Trinajstić information content (AvgIpc) is 2.64. The van der Waals surface area contributed by atoms with Crippen LogP contribution in [0.2, 0.25) is 0 Å². The fraction of sp³-hybridized carbons (Fsp3) is 0.0909. The second-order valence-corrected chi connectivity index (χ2v) is 4.40. The van der Waals surface area contributed by atoms with Crippen molar-refractivity contribution in [3.05, 3.63) is 40.0 Å². The molecule has 0 atom stereocenters. The van der Waals surface area contributed by atoms with Gasteiger partial charge in [0.1, 0.15) is 5.69 Å². The highest BCUT2D eigenvalue weighted by molar-refractivity contribution is 9.10. The van der Waals surface area contributed by atoms with E-state index in [9.17, 15) is 4.79 Å². The number of aromatic nitrogens is 2. The molecule has 0 fully saturated rings. The minimum Gasteiger partial charge on any atom is -0.477 e. The van der Waals surface area contributed by atoms with Crippen LogP contribution in [0.15, 0.2) is 28.7 Å². The topological polar surface area (TPSA) is 66.0 Å². The van der Waals surface area contributed by atoms with Gasteiger partial charge < -0.3 is 5.11 Å². The number of hydrogen-bond donors (Lipinski definition) is 2. The van der Waals surface area contributed by atoms with E-state index in [1.54, 1.807) is 0 Å². The van der Waals surface area contributed by atoms with Crippen molar-refractivity contribution < 1.29 is 9.90 Å². The molecule has 0 unspecified atom stereocenters. The largest absolute Gasteiger partial charge is 0.477 e. The molecule has 4 nitrogen and oxygen atoms in total. The SMILES string of the molecule is Cc1cc(Br)cc(-c2cc(C(=O)O)[nH]n2)c1. The molecule has 0 aliphatic carbocycles. The van der Waals surface area contributed by atoms with Crippen molar-refractivity contribution >= 4 is 21.9 Å². The van der Waals surface area contributed by atoms with E-state index in [1.165, 1.54) is 6.07 Å². The first-order valence-electron chi connectivity index (χ1n) is 4.62. The van der Waals surface area contributed by atoms with Gasteiger partial charge in [0, 0.05) is 10.0 Å². The molecule has 0 saturated carbocycles. The van der Waals surface area contributed by atoms with Crippen molar-refractivity contribution in [3.8, 4) is 11.3 Å². The maximum Gasteiger partial charge on any atom is 0.353 e. The van der Waals surface area contributed by atoms with E-state index < -0.39 is 5.97 Å². The van der Waals surface area contributed by atoms with E-state index in [4.69, 9.17) is 5.11 Å². The summed E-state index contributed by atoms with van der Waals surface area (Å²) in [4.78, 5) is 10.7. The standard InChI is InChI=1S/C11H9BrN2O2/c1-6-2-7(4-8(12)3-6)9-5-10(11(15)16)14-13-9/h2-5H,1H3,(H,13,14)(H,15,16). The van der Waals surface area contributed by atoms with Crippen molar-refractivity contribution in [1.29, 1.82) is 0 Å². The third-order valence-electron chi connectivity index (χ3n) is 2.15. The van der Waals surface area contributed by atoms with Crippen LogP contribution in [0.4, 0.5) is 0 Å². The van der Waals surface area contributed by atoms with Gasteiger partial charge in [-0.25, -0.2) is 4.79 Å². The summed E-state index contributed by atoms with van der Waals surface area (Å²) in [6.45, 7) is 1.97. The van der Waals surface area contributed by atoms with Gasteiger partial charge in [-0.05, 0) is 36.8 Å². The summed E-state index contributed by atoms with van der Waals surface area (Å²) in [5, 5.41) is 15.2. The Labute approximate surface area is 100 Å². The van der Waals surface area contributed by atoms with Crippen LogP contribution in [0.5, 0.6) is 0 Å². The fourth-order valence-electron chi connectivity index (χ4n) is 1.46. The van der Waals surface area contributed by atoms with Gasteiger partial charge in [-0.15, -0.1) is 0 Å². The van der Waals surface area contributed by atoms with Gasteiger partial charge >= 0.3 is 5.97 Å². The maximum absolute atomic E-state index is 10.7. The highest BCUT2D eigenvalue weighted by atomic mass is 79.9. The quantitative estimate of drug-likeness (QED) is 0.889. The first-order chi connectivity index (χ1) is 7.56. The number of aryl methyl sites for hydroxylation is 1. The van der Waals surface area contributed by atoms with E-state index in [1.807, 2.05) is 25.1 Å². The third-order valence-corrected chi connectivity index (χ3v) is 2.60. The lowest BCUT2D eigenvalue weighted by atomic mass is 10.1. The molecule has 1 heterocycles. The van der Waals surface area contributed by atoms with Gasteiger partial charge in [0.2, 0.25) is 0 Å². The number of halogens is 1. The highest BCUT2D eigenvalue weighted by Crippen LogP contribution is 2.23. The molecule has 2 aromatic rings. The van der Waals surface area contributed by atoms with Crippen molar-refractivity contribution in [2.24, 2.45) is 0 Å². The van der Waals surface area contributed by atoms with E-state index in [-0.39, 0.29) is 5.69 Å². The predicted octanol–water partition coefficient (Wildman–Crippen LogP) is 2.85. The van der Waals surface area contributed by atoms with E-state index in [0.717, 1.165) is 15.6 Å². The van der Waals surface area contributed by atoms with Gasteiger partial charge in [-0.3, -0.25) is 5.10 Å². The summed E-state index contributed by atoms with van der Waals surface area (Å²) >= 11 is 3.39. The summed E-state index contributed by atoms with van der Waals surface area (Å²) in [5.74, 6) is -1.01. The van der Waals surface area contributed by atoms with Gasteiger partial charge in [0.25, 0.3) is 0 Å². The van der Waals surface area contributed by atoms with E-state index >= 15 is 0 Å². The lowest BCUT2D eigenvalue weighted by Crippen LogP contribution is -1.95. The maximum atomic E-state index is 10.7. The zero-order chi connectivity index (χ0) is 11.7. The molecule has 16 heavy (non-hydrogen) atoms. The van der Waals surface area contributed by atoms with Gasteiger partial charge in [0.05, 0.1) is 5.69 Å². The second-order valence-electron chi connectivity index (χ2n) is 3.49. The number of H-pyrrole nitrogens is 1. The van der Waals surface area contributed by atoms with Gasteiger partial charge in [-0.1, -0.05) is 15.9 Å². The predicted molar refractivity (Wildman–Crippen MR) is 63.4 cm³/mol. The zero-order valence-corrected chi connectivity index (χ0v) is 10.1. The molecule has 5 heteroatoms. The lowest BCUT2D eigenvalue weighted by molar-refractivity contribution is 0.0690. The van der Waals surface area contributed by atoms with E-state index in [2.05, 4.69) is 26.1 Å². The number of hydrogen-bond acceptors (Lipinski definition) is 2. The number of aromatic amines is 1. The van der Waals surface area contributed by atoms with Crippen LogP contribution in [0.25, 0.3) is 11.3 Å². The summed E-state index contributed by atoms with van der Waals surface area (Å²) in [7, 11) is 0. The van der Waals surface area contributed by atoms with Gasteiger partial charge in [0.15, 0.2) is 0 Å². The third kappa shape index (κ3) is 2.14. The number of aromatic carboxylic acids is 1. The Balaban J connectivity index is 2.46. The molecule has 2 rings (SSSR count). The summed E-state index contributed by atoms with van der Waals surface area (Å²) < 4.78 is 0.947. The minimum absolute atomic E-state index is 0.0904. The molecule has 1 aromatic carbocycles. The van der Waals surface area contributed by atoms with Crippen LogP contribution in [-0.4, -0.2) is 21.3 Å². The molecule has 0 spiro atoms. The van der Waals surface area contributed by atoms with Crippen LogP contribution in [-0.2, 0) is 0 Å². The molecule has 0 aliphatic rings. The van der Waals surface area contributed by atoms with Crippen LogP contribution >= 0.6 is 15.9 Å². The van der Waals surface area contributed by atoms with Crippen LogP contribution < -0.4 is 0 Å². The average molecular weight is 281 g/mol. The summed E-state index contributed by atoms with van der Waals surface area (Å²) in [5.41, 5.74) is 2.69. The van der Waals surface area contributed by atoms with Crippen molar-refractivity contribution in [3.63, 3.8) is 0 Å². The Morgan fingerprint density at radius 2 is 2.12 bits per heavy atom. The second kappa shape index (κ2) is 4.09. The molecule has 0 amide bonds. The van der Waals surface area contributed by atoms with Crippen LogP contribution in [0, 0.1) is 6.92 Å². The fourth-order valence-corrected chi connectivity index (χ4v) is 2.07. The van der Waals surface area contributed by atoms with Crippen molar-refractivity contribution in [2.75, 3.05) is 0 Å². The molecule has 2 N–H and O–H groups in total. The summed E-state index contributed by atoms with van der Waals surface area (Å²) in [6, 6.07) is 7.35. The number of nitrogens with one attached hydrogen (secondary N) is 1. The Kier molecular flexibility index (Phi) is 2.78. The molecule has 0 aliphatic heterocycles. The number of rotatable bonds is 2. The Morgan fingerprint density at radius 1 is 1.38 bits per heavy atom. The first-order valence-corrected chi connectivity index (χ1v) is 5.42. The Morgan fingerprint density at radius 3 is 2.69 bits per heavy atom. The number of carboxylic acids is 1. The summed E-state index contributed by atoms with van der Waals surface area (Å²) in [6.07, 6.45) is 0. The van der Waals surface area contributed by atoms with Crippen LogP contribution in [0.1, 0.15) is 16.1 Å². The highest BCUT2D eigenvalue weighted by Gasteiger charge is 2.09. The number of nitrogens with zero attached hydrogens (tertiary/aromatic N) is 1. The minimum atomic E-state index is -1.01. The van der Waals surface area contributed by atoms with Crippen molar-refractivity contribution in [1.82, 2.24) is 10.2 Å². The van der Waals surface area contributed by atoms with Crippen molar-refractivity contribution in [2.45, 2.75) is 6.92 Å². The van der Waals surface area contributed by atoms with Crippen LogP contribution in [0.3, 0.4) is 0 Å². The molecule has 1 aromatic heterocycles. The molecule has 0 radical (unpaired) electrons. The lowest BCUT2D eigenvalue weighted by Gasteiger charge is -1.99. The number of carboxylic acid groups (broad SMARTS) is 1. The Hall–Kier alpha value is -1.62. The molecular formula is C11H9BrN2O2. The van der Waals surface area contributed by atoms with E-state index in [0.29, 0.717) is 5.69 Å². The molecular weight excluding hydrogens is 272 g/mol.